The van der Waals surface area contributed by atoms with Crippen LogP contribution in [0.25, 0.3) is 10.9 Å². The Balaban J connectivity index is 2.86. The van der Waals surface area contributed by atoms with Gasteiger partial charge in [-0.2, -0.15) is 0 Å². The van der Waals surface area contributed by atoms with Crippen LogP contribution in [-0.2, 0) is 0 Å². The highest BCUT2D eigenvalue weighted by atomic mass is 16.1. The van der Waals surface area contributed by atoms with E-state index in [1.54, 1.807) is 0 Å². The molecule has 1 aromatic heterocycles. The van der Waals surface area contributed by atoms with E-state index < -0.39 is 0 Å². The number of hydrogen-bond acceptors (Lipinski definition) is 1. The van der Waals surface area contributed by atoms with Gasteiger partial charge in [0.25, 0.3) is 0 Å². The summed E-state index contributed by atoms with van der Waals surface area (Å²) in [6, 6.07) is 7.62. The summed E-state index contributed by atoms with van der Waals surface area (Å²) in [6.07, 6.45) is 0. The van der Waals surface area contributed by atoms with Crippen molar-refractivity contribution in [1.29, 1.82) is 0 Å². The Morgan fingerprint density at radius 3 is 2.77 bits per heavy atom. The molecule has 0 aliphatic heterocycles. The standard InChI is InChI=1S/C10H8BNO/c1-6-9(10(11)13)7-4-2-3-5-8(7)12-6/h2-5,12H,1H3. The summed E-state index contributed by atoms with van der Waals surface area (Å²) in [5.41, 5.74) is 1.99. The molecule has 0 saturated heterocycles. The van der Waals surface area contributed by atoms with Gasteiger partial charge in [0.2, 0.25) is 0 Å². The predicted octanol–water partition coefficient (Wildman–Crippen LogP) is 1.79. The van der Waals surface area contributed by atoms with Crippen molar-refractivity contribution in [3.8, 4) is 0 Å². The van der Waals surface area contributed by atoms with Gasteiger partial charge in [0.1, 0.15) is 5.68 Å². The molecule has 0 atom stereocenters. The number of aromatic amines is 1. The zero-order valence-corrected chi connectivity index (χ0v) is 7.29. The van der Waals surface area contributed by atoms with Gasteiger partial charge in [-0.25, -0.2) is 0 Å². The molecule has 1 N–H and O–H groups in total. The highest BCUT2D eigenvalue weighted by Gasteiger charge is 2.10. The number of carbonyl (C=O) groups excluding carboxylic acids is 1. The van der Waals surface area contributed by atoms with Crippen LogP contribution in [0.2, 0.25) is 0 Å². The van der Waals surface area contributed by atoms with E-state index in [2.05, 4.69) is 4.98 Å². The second-order valence-corrected chi connectivity index (χ2v) is 3.03. The molecular formula is C10H8BNO. The Labute approximate surface area is 77.4 Å². The van der Waals surface area contributed by atoms with Crippen molar-refractivity contribution in [2.75, 3.05) is 0 Å². The van der Waals surface area contributed by atoms with Crippen molar-refractivity contribution >= 4 is 24.4 Å². The molecule has 0 spiro atoms. The van der Waals surface area contributed by atoms with Crippen LogP contribution in [0.1, 0.15) is 16.1 Å². The van der Waals surface area contributed by atoms with Crippen LogP contribution < -0.4 is 0 Å². The molecule has 0 fully saturated rings. The van der Waals surface area contributed by atoms with Gasteiger partial charge in [-0.15, -0.1) is 0 Å². The number of hydrogen-bond donors (Lipinski definition) is 1. The molecule has 1 aromatic carbocycles. The average molecular weight is 169 g/mol. The summed E-state index contributed by atoms with van der Waals surface area (Å²) in [4.78, 5) is 14.2. The topological polar surface area (TPSA) is 32.9 Å². The fourth-order valence-electron chi connectivity index (χ4n) is 1.59. The molecule has 0 saturated carbocycles. The minimum Gasteiger partial charge on any atom is -0.358 e. The first-order valence-electron chi connectivity index (χ1n) is 4.07. The monoisotopic (exact) mass is 169 g/mol. The van der Waals surface area contributed by atoms with E-state index in [9.17, 15) is 4.79 Å². The number of aryl methyl sites for hydroxylation is 1. The Bertz CT molecular complexity index is 473. The van der Waals surface area contributed by atoms with Gasteiger partial charge in [-0.05, 0) is 13.0 Å². The summed E-state index contributed by atoms with van der Waals surface area (Å²) < 4.78 is 0. The van der Waals surface area contributed by atoms with Gasteiger partial charge < -0.3 is 9.78 Å². The maximum absolute atomic E-state index is 11.1. The maximum atomic E-state index is 11.1. The van der Waals surface area contributed by atoms with Crippen molar-refractivity contribution in [2.45, 2.75) is 6.92 Å². The molecule has 0 unspecified atom stereocenters. The summed E-state index contributed by atoms with van der Waals surface area (Å²) in [6.45, 7) is 1.85. The van der Waals surface area contributed by atoms with E-state index >= 15 is 0 Å². The zero-order chi connectivity index (χ0) is 9.42. The molecule has 3 heteroatoms. The van der Waals surface area contributed by atoms with E-state index in [-0.39, 0.29) is 5.68 Å². The highest BCUT2D eigenvalue weighted by molar-refractivity contribution is 6.63. The molecule has 2 nitrogen and oxygen atoms in total. The van der Waals surface area contributed by atoms with Gasteiger partial charge in [0, 0.05) is 22.2 Å². The molecule has 0 aliphatic rings. The number of rotatable bonds is 1. The number of benzene rings is 1. The van der Waals surface area contributed by atoms with Gasteiger partial charge in [0.15, 0.2) is 7.85 Å². The first kappa shape index (κ1) is 8.11. The lowest BCUT2D eigenvalue weighted by molar-refractivity contribution is 0.108. The Kier molecular flexibility index (Phi) is 1.73. The average Bonchev–Trinajstić information content (AvgIpc) is 2.39. The van der Waals surface area contributed by atoms with Crippen LogP contribution in [0.4, 0.5) is 0 Å². The second-order valence-electron chi connectivity index (χ2n) is 3.03. The molecule has 0 bridgehead atoms. The zero-order valence-electron chi connectivity index (χ0n) is 7.29. The quantitative estimate of drug-likeness (QED) is 0.648. The number of H-pyrrole nitrogens is 1. The first-order valence-corrected chi connectivity index (χ1v) is 4.07. The smallest absolute Gasteiger partial charge is 0.175 e. The van der Waals surface area contributed by atoms with Crippen LogP contribution in [-0.4, -0.2) is 18.5 Å². The fraction of sp³-hybridized carbons (Fsp3) is 0.100. The third-order valence-electron chi connectivity index (χ3n) is 2.14. The largest absolute Gasteiger partial charge is 0.358 e. The summed E-state index contributed by atoms with van der Waals surface area (Å²) >= 11 is 0. The van der Waals surface area contributed by atoms with Crippen LogP contribution in [0, 0.1) is 6.92 Å². The van der Waals surface area contributed by atoms with E-state index in [0.717, 1.165) is 16.6 Å². The van der Waals surface area contributed by atoms with Crippen molar-refractivity contribution in [1.82, 2.24) is 4.98 Å². The fourth-order valence-corrected chi connectivity index (χ4v) is 1.59. The lowest BCUT2D eigenvalue weighted by atomic mass is 9.93. The minimum absolute atomic E-state index is 0.380. The third-order valence-corrected chi connectivity index (χ3v) is 2.14. The van der Waals surface area contributed by atoms with Crippen molar-refractivity contribution < 1.29 is 4.79 Å². The molecule has 2 aromatic rings. The Hall–Kier alpha value is -1.51. The second kappa shape index (κ2) is 2.77. The van der Waals surface area contributed by atoms with Gasteiger partial charge >= 0.3 is 0 Å². The molecular weight excluding hydrogens is 161 g/mol. The number of nitrogens with one attached hydrogen (secondary N) is 1. The lowest BCUT2D eigenvalue weighted by Crippen LogP contribution is -1.97. The number of aromatic nitrogens is 1. The van der Waals surface area contributed by atoms with E-state index in [1.807, 2.05) is 31.2 Å². The number of fused-ring (bicyclic) bond motifs is 1. The molecule has 62 valence electrons. The molecule has 0 aliphatic carbocycles. The van der Waals surface area contributed by atoms with Gasteiger partial charge in [0.05, 0.1) is 0 Å². The number of carbonyl (C=O) groups is 1. The van der Waals surface area contributed by atoms with Crippen LogP contribution in [0.3, 0.4) is 0 Å². The molecule has 2 rings (SSSR count). The summed E-state index contributed by atoms with van der Waals surface area (Å²) in [5.74, 6) is 0. The van der Waals surface area contributed by atoms with Crippen LogP contribution >= 0.6 is 0 Å². The van der Waals surface area contributed by atoms with E-state index in [0.29, 0.717) is 5.56 Å². The maximum Gasteiger partial charge on any atom is 0.175 e. The van der Waals surface area contributed by atoms with Crippen molar-refractivity contribution in [3.63, 3.8) is 0 Å². The first-order chi connectivity index (χ1) is 6.20. The lowest BCUT2D eigenvalue weighted by Gasteiger charge is -1.93. The normalized spacial score (nSPS) is 10.5. The van der Waals surface area contributed by atoms with E-state index in [4.69, 9.17) is 7.85 Å². The molecule has 0 amide bonds. The van der Waals surface area contributed by atoms with Crippen LogP contribution in [0.5, 0.6) is 0 Å². The van der Waals surface area contributed by atoms with Crippen molar-refractivity contribution in [3.05, 3.63) is 35.5 Å². The number of para-hydroxylation sites is 1. The summed E-state index contributed by atoms with van der Waals surface area (Å²) in [5, 5.41) is 0.896. The molecule has 1 heterocycles. The SMILES string of the molecule is [B]C(=O)c1c(C)[nH]c2ccccc12. The highest BCUT2D eigenvalue weighted by Crippen LogP contribution is 2.21. The van der Waals surface area contributed by atoms with Crippen molar-refractivity contribution in [2.24, 2.45) is 0 Å². The van der Waals surface area contributed by atoms with E-state index in [1.165, 1.54) is 0 Å². The summed E-state index contributed by atoms with van der Waals surface area (Å²) in [7, 11) is 5.27. The van der Waals surface area contributed by atoms with Gasteiger partial charge in [-0.3, -0.25) is 0 Å². The minimum atomic E-state index is -0.380. The molecule has 2 radical (unpaired) electrons. The Morgan fingerprint density at radius 1 is 1.38 bits per heavy atom. The predicted molar refractivity (Wildman–Crippen MR) is 53.1 cm³/mol. The van der Waals surface area contributed by atoms with Gasteiger partial charge in [-0.1, -0.05) is 18.2 Å². The Morgan fingerprint density at radius 2 is 2.08 bits per heavy atom. The third kappa shape index (κ3) is 1.17. The molecule has 13 heavy (non-hydrogen) atoms. The van der Waals surface area contributed by atoms with Crippen LogP contribution in [0.15, 0.2) is 24.3 Å².